The first-order valence-electron chi connectivity index (χ1n) is 5.03. The SMILES string of the molecule is CCN(c1ccccc1)c1ncc(C#N)s1. The molecule has 0 atom stereocenters. The minimum atomic E-state index is 0.643. The molecule has 1 aromatic carbocycles. The van der Waals surface area contributed by atoms with Crippen LogP contribution in [0.1, 0.15) is 11.8 Å². The first-order chi connectivity index (χ1) is 7.85. The Morgan fingerprint density at radius 3 is 2.69 bits per heavy atom. The molecular formula is C12H11N3S. The highest BCUT2D eigenvalue weighted by Gasteiger charge is 2.10. The second-order valence-corrected chi connectivity index (χ2v) is 4.21. The van der Waals surface area contributed by atoms with E-state index in [0.717, 1.165) is 17.4 Å². The lowest BCUT2D eigenvalue weighted by Crippen LogP contribution is -2.15. The number of thiazole rings is 1. The standard InChI is InChI=1S/C12H11N3S/c1-2-15(10-6-4-3-5-7-10)12-14-9-11(8-13)16-12/h3-7,9H,2H2,1H3. The Labute approximate surface area is 98.6 Å². The van der Waals surface area contributed by atoms with Crippen molar-refractivity contribution in [3.8, 4) is 6.07 Å². The van der Waals surface area contributed by atoms with E-state index in [1.165, 1.54) is 11.3 Å². The topological polar surface area (TPSA) is 39.9 Å². The average Bonchev–Trinajstić information content (AvgIpc) is 2.80. The van der Waals surface area contributed by atoms with Crippen molar-refractivity contribution in [3.63, 3.8) is 0 Å². The van der Waals surface area contributed by atoms with Crippen molar-refractivity contribution in [1.29, 1.82) is 5.26 Å². The van der Waals surface area contributed by atoms with Crippen LogP contribution in [-0.4, -0.2) is 11.5 Å². The number of benzene rings is 1. The highest BCUT2D eigenvalue weighted by Crippen LogP contribution is 2.28. The monoisotopic (exact) mass is 229 g/mol. The molecule has 4 heteroatoms. The fourth-order valence-electron chi connectivity index (χ4n) is 1.48. The molecule has 0 radical (unpaired) electrons. The Bertz CT molecular complexity index is 498. The summed E-state index contributed by atoms with van der Waals surface area (Å²) in [4.78, 5) is 6.99. The van der Waals surface area contributed by atoms with E-state index in [0.29, 0.717) is 4.88 Å². The Balaban J connectivity index is 2.34. The Morgan fingerprint density at radius 1 is 1.38 bits per heavy atom. The molecule has 3 nitrogen and oxygen atoms in total. The van der Waals surface area contributed by atoms with E-state index in [-0.39, 0.29) is 0 Å². The summed E-state index contributed by atoms with van der Waals surface area (Å²) in [6, 6.07) is 12.2. The van der Waals surface area contributed by atoms with Gasteiger partial charge in [-0.3, -0.25) is 0 Å². The van der Waals surface area contributed by atoms with Gasteiger partial charge < -0.3 is 4.90 Å². The number of hydrogen-bond donors (Lipinski definition) is 0. The predicted molar refractivity (Wildman–Crippen MR) is 66.0 cm³/mol. The maximum absolute atomic E-state index is 8.78. The fourth-order valence-corrected chi connectivity index (χ4v) is 2.28. The number of aromatic nitrogens is 1. The fraction of sp³-hybridized carbons (Fsp3) is 0.167. The van der Waals surface area contributed by atoms with Gasteiger partial charge in [0, 0.05) is 12.2 Å². The maximum atomic E-state index is 8.78. The number of rotatable bonds is 3. The number of para-hydroxylation sites is 1. The molecule has 0 N–H and O–H groups in total. The van der Waals surface area contributed by atoms with Gasteiger partial charge in [0.15, 0.2) is 5.13 Å². The molecule has 2 aromatic rings. The maximum Gasteiger partial charge on any atom is 0.191 e. The second-order valence-electron chi connectivity index (χ2n) is 3.20. The van der Waals surface area contributed by atoms with E-state index in [1.54, 1.807) is 6.20 Å². The molecule has 1 aromatic heterocycles. The van der Waals surface area contributed by atoms with E-state index in [9.17, 15) is 0 Å². The van der Waals surface area contributed by atoms with Crippen LogP contribution in [0, 0.1) is 11.3 Å². The lowest BCUT2D eigenvalue weighted by atomic mass is 10.3. The van der Waals surface area contributed by atoms with Gasteiger partial charge in [-0.15, -0.1) is 0 Å². The van der Waals surface area contributed by atoms with Crippen LogP contribution in [0.4, 0.5) is 10.8 Å². The van der Waals surface area contributed by atoms with Gasteiger partial charge in [0.25, 0.3) is 0 Å². The largest absolute Gasteiger partial charge is 0.318 e. The van der Waals surface area contributed by atoms with Crippen molar-refractivity contribution in [2.24, 2.45) is 0 Å². The van der Waals surface area contributed by atoms with Crippen LogP contribution < -0.4 is 4.90 Å². The lowest BCUT2D eigenvalue weighted by Gasteiger charge is -2.19. The van der Waals surface area contributed by atoms with E-state index >= 15 is 0 Å². The smallest absolute Gasteiger partial charge is 0.191 e. The summed E-state index contributed by atoms with van der Waals surface area (Å²) in [5, 5.41) is 9.64. The third-order valence-electron chi connectivity index (χ3n) is 2.22. The van der Waals surface area contributed by atoms with Gasteiger partial charge in [-0.05, 0) is 19.1 Å². The minimum absolute atomic E-state index is 0.643. The van der Waals surface area contributed by atoms with Gasteiger partial charge in [-0.25, -0.2) is 4.98 Å². The van der Waals surface area contributed by atoms with Crippen LogP contribution in [0.25, 0.3) is 0 Å². The third kappa shape index (κ3) is 2.05. The quantitative estimate of drug-likeness (QED) is 0.811. The van der Waals surface area contributed by atoms with Gasteiger partial charge in [0.05, 0.1) is 6.20 Å². The first kappa shape index (κ1) is 10.7. The first-order valence-corrected chi connectivity index (χ1v) is 5.85. The third-order valence-corrected chi connectivity index (χ3v) is 3.14. The predicted octanol–water partition coefficient (Wildman–Crippen LogP) is 3.17. The van der Waals surface area contributed by atoms with Crippen molar-refractivity contribution in [2.75, 3.05) is 11.4 Å². The molecule has 0 spiro atoms. The molecule has 0 aliphatic heterocycles. The van der Waals surface area contributed by atoms with Crippen molar-refractivity contribution >= 4 is 22.2 Å². The van der Waals surface area contributed by atoms with Crippen LogP contribution in [0.2, 0.25) is 0 Å². The molecule has 16 heavy (non-hydrogen) atoms. The van der Waals surface area contributed by atoms with Gasteiger partial charge in [-0.2, -0.15) is 5.26 Å². The second kappa shape index (κ2) is 4.77. The van der Waals surface area contributed by atoms with Crippen LogP contribution in [0.3, 0.4) is 0 Å². The minimum Gasteiger partial charge on any atom is -0.318 e. The Kier molecular flexibility index (Phi) is 3.18. The molecule has 0 amide bonds. The van der Waals surface area contributed by atoms with Crippen LogP contribution in [0.5, 0.6) is 0 Å². The molecule has 1 heterocycles. The number of anilines is 2. The number of hydrogen-bond acceptors (Lipinski definition) is 4. The molecule has 0 saturated carbocycles. The summed E-state index contributed by atoms with van der Waals surface area (Å²) in [6.07, 6.45) is 1.62. The van der Waals surface area contributed by atoms with Gasteiger partial charge in [0.1, 0.15) is 10.9 Å². The van der Waals surface area contributed by atoms with Crippen LogP contribution in [0.15, 0.2) is 36.5 Å². The van der Waals surface area contributed by atoms with E-state index < -0.39 is 0 Å². The Hall–Kier alpha value is -1.86. The van der Waals surface area contributed by atoms with Crippen molar-refractivity contribution in [1.82, 2.24) is 4.98 Å². The van der Waals surface area contributed by atoms with Crippen LogP contribution >= 0.6 is 11.3 Å². The van der Waals surface area contributed by atoms with E-state index in [1.807, 2.05) is 30.3 Å². The summed E-state index contributed by atoms with van der Waals surface area (Å²) in [5.74, 6) is 0. The average molecular weight is 229 g/mol. The van der Waals surface area contributed by atoms with Gasteiger partial charge >= 0.3 is 0 Å². The number of nitrogens with zero attached hydrogens (tertiary/aromatic N) is 3. The molecule has 0 aliphatic rings. The zero-order valence-electron chi connectivity index (χ0n) is 8.92. The summed E-state index contributed by atoms with van der Waals surface area (Å²) in [5.41, 5.74) is 1.10. The molecule has 0 saturated heterocycles. The van der Waals surface area contributed by atoms with E-state index in [4.69, 9.17) is 5.26 Å². The highest BCUT2D eigenvalue weighted by molar-refractivity contribution is 7.16. The normalized spacial score (nSPS) is 9.75. The lowest BCUT2D eigenvalue weighted by molar-refractivity contribution is 1.01. The molecule has 0 bridgehead atoms. The van der Waals surface area contributed by atoms with Crippen LogP contribution in [-0.2, 0) is 0 Å². The summed E-state index contributed by atoms with van der Waals surface area (Å²) in [7, 11) is 0. The van der Waals surface area contributed by atoms with E-state index in [2.05, 4.69) is 22.9 Å². The molecule has 0 fully saturated rings. The van der Waals surface area contributed by atoms with Crippen molar-refractivity contribution in [2.45, 2.75) is 6.92 Å². The van der Waals surface area contributed by atoms with Crippen molar-refractivity contribution in [3.05, 3.63) is 41.4 Å². The summed E-state index contributed by atoms with van der Waals surface area (Å²) >= 11 is 1.41. The van der Waals surface area contributed by atoms with Gasteiger partial charge in [-0.1, -0.05) is 29.5 Å². The number of nitriles is 1. The molecule has 2 rings (SSSR count). The zero-order valence-corrected chi connectivity index (χ0v) is 9.74. The Morgan fingerprint density at radius 2 is 2.12 bits per heavy atom. The van der Waals surface area contributed by atoms with Gasteiger partial charge in [0.2, 0.25) is 0 Å². The molecule has 0 unspecified atom stereocenters. The summed E-state index contributed by atoms with van der Waals surface area (Å²) < 4.78 is 0. The van der Waals surface area contributed by atoms with Crippen molar-refractivity contribution < 1.29 is 0 Å². The highest BCUT2D eigenvalue weighted by atomic mass is 32.1. The molecule has 0 aliphatic carbocycles. The molecule has 80 valence electrons. The molecular weight excluding hydrogens is 218 g/mol. The summed E-state index contributed by atoms with van der Waals surface area (Å²) in [6.45, 7) is 2.91. The zero-order chi connectivity index (χ0) is 11.4.